The Morgan fingerprint density at radius 1 is 0.980 bits per heavy atom. The van der Waals surface area contributed by atoms with Gasteiger partial charge in [0.2, 0.25) is 10.0 Å². The lowest BCUT2D eigenvalue weighted by Gasteiger charge is -2.46. The number of benzene rings is 1. The first kappa shape index (κ1) is 42.1. The SMILES string of the molecule is CN[C@@H]1[C@H](O[C@H]2[C@H](O[C@H]3[C@H](O)[C@@H](O)[C@H](N=C(N)N)[C@@H](O)[C@@H]3NC(=N)N)O[C@@H](C)[C@]2(O)C=O)O[C@@H](CO)[C@H](O)[C@H]1O.Nc1ccc(S(N)(=O)=O)cc1. The van der Waals surface area contributed by atoms with Crippen molar-refractivity contribution in [3.63, 3.8) is 0 Å². The summed E-state index contributed by atoms with van der Waals surface area (Å²) in [6.45, 7) is 0.616. The van der Waals surface area contributed by atoms with Crippen LogP contribution in [-0.4, -0.2) is 167 Å². The molecule has 3 aliphatic rings. The Bertz CT molecular complexity index is 1480. The highest BCUT2D eigenvalue weighted by atomic mass is 32.2. The lowest BCUT2D eigenvalue weighted by molar-refractivity contribution is -0.314. The lowest BCUT2D eigenvalue weighted by atomic mass is 9.81. The number of nitrogens with zero attached hydrogens (tertiary/aromatic N) is 1. The van der Waals surface area contributed by atoms with Crippen LogP contribution in [0.3, 0.4) is 0 Å². The van der Waals surface area contributed by atoms with Crippen molar-refractivity contribution < 1.29 is 67.9 Å². The van der Waals surface area contributed by atoms with Gasteiger partial charge in [0.25, 0.3) is 0 Å². The predicted molar refractivity (Wildman–Crippen MR) is 174 cm³/mol. The minimum atomic E-state index is -3.58. The van der Waals surface area contributed by atoms with Gasteiger partial charge in [-0.05, 0) is 38.2 Å². The van der Waals surface area contributed by atoms with E-state index in [0.717, 1.165) is 0 Å². The van der Waals surface area contributed by atoms with E-state index in [-0.39, 0.29) is 11.2 Å². The molecule has 0 unspecified atom stereocenters. The number of rotatable bonds is 10. The van der Waals surface area contributed by atoms with E-state index in [2.05, 4.69) is 15.6 Å². The Morgan fingerprint density at radius 2 is 1.59 bits per heavy atom. The third-order valence-electron chi connectivity index (χ3n) is 8.60. The van der Waals surface area contributed by atoms with E-state index in [0.29, 0.717) is 5.69 Å². The Morgan fingerprint density at radius 3 is 2.08 bits per heavy atom. The minimum absolute atomic E-state index is 0.0756. The molecule has 15 atom stereocenters. The average molecular weight is 754 g/mol. The summed E-state index contributed by atoms with van der Waals surface area (Å²) < 4.78 is 44.3. The van der Waals surface area contributed by atoms with Crippen LogP contribution in [0.15, 0.2) is 34.2 Å². The average Bonchev–Trinajstić information content (AvgIpc) is 3.29. The van der Waals surface area contributed by atoms with Crippen molar-refractivity contribution in [2.24, 2.45) is 27.3 Å². The number of carbonyl (C=O) groups is 1. The second kappa shape index (κ2) is 17.0. The van der Waals surface area contributed by atoms with Gasteiger partial charge in [0, 0.05) is 5.69 Å². The maximum Gasteiger partial charge on any atom is 0.238 e. The van der Waals surface area contributed by atoms with Crippen LogP contribution in [0.25, 0.3) is 0 Å². The molecule has 1 aromatic carbocycles. The molecular formula is C27H47N9O14S. The zero-order chi connectivity index (χ0) is 38.6. The van der Waals surface area contributed by atoms with E-state index >= 15 is 0 Å². The zero-order valence-corrected chi connectivity index (χ0v) is 28.2. The molecule has 1 aromatic rings. The second-order valence-electron chi connectivity index (χ2n) is 12.0. The van der Waals surface area contributed by atoms with Crippen molar-refractivity contribution in [3.05, 3.63) is 24.3 Å². The van der Waals surface area contributed by atoms with Gasteiger partial charge in [-0.2, -0.15) is 0 Å². The maximum atomic E-state index is 12.1. The third kappa shape index (κ3) is 9.37. The van der Waals surface area contributed by atoms with Crippen LogP contribution in [0.1, 0.15) is 6.92 Å². The molecule has 1 aliphatic carbocycles. The predicted octanol–water partition coefficient (Wildman–Crippen LogP) is -8.04. The number of aliphatic imine (C=N–C) groups is 1. The van der Waals surface area contributed by atoms with E-state index < -0.39 is 120 Å². The Labute approximate surface area is 291 Å². The molecule has 23 nitrogen and oxygen atoms in total. The van der Waals surface area contributed by atoms with Gasteiger partial charge in [0.05, 0.1) is 29.7 Å². The highest BCUT2D eigenvalue weighted by molar-refractivity contribution is 7.89. The molecule has 2 heterocycles. The van der Waals surface area contributed by atoms with Gasteiger partial charge in [0.15, 0.2) is 36.4 Å². The number of aldehydes is 1. The number of hydrogen-bond donors (Lipinski definition) is 15. The largest absolute Gasteiger partial charge is 0.399 e. The van der Waals surface area contributed by atoms with E-state index in [1.54, 1.807) is 0 Å². The van der Waals surface area contributed by atoms with Crippen molar-refractivity contribution in [1.29, 1.82) is 5.41 Å². The molecule has 290 valence electrons. The van der Waals surface area contributed by atoms with E-state index in [9.17, 15) is 49.0 Å². The molecule has 20 N–H and O–H groups in total. The van der Waals surface area contributed by atoms with Gasteiger partial charge in [-0.3, -0.25) is 10.2 Å². The molecule has 0 spiro atoms. The smallest absolute Gasteiger partial charge is 0.238 e. The Hall–Kier alpha value is -3.34. The number of carbonyl (C=O) groups excluding carboxylic acids is 1. The van der Waals surface area contributed by atoms with E-state index in [1.807, 2.05) is 0 Å². The number of guanidine groups is 2. The van der Waals surface area contributed by atoms with Crippen LogP contribution >= 0.6 is 0 Å². The molecular weight excluding hydrogens is 706 g/mol. The fourth-order valence-electron chi connectivity index (χ4n) is 5.79. The van der Waals surface area contributed by atoms with Gasteiger partial charge in [-0.1, -0.05) is 0 Å². The molecule has 0 amide bonds. The highest BCUT2D eigenvalue weighted by Gasteiger charge is 2.60. The summed E-state index contributed by atoms with van der Waals surface area (Å²) in [6, 6.07) is 1.69. The summed E-state index contributed by atoms with van der Waals surface area (Å²) in [5.74, 6) is -1.16. The third-order valence-corrected chi connectivity index (χ3v) is 9.53. The summed E-state index contributed by atoms with van der Waals surface area (Å²) in [7, 11) is -2.16. The van der Waals surface area contributed by atoms with Crippen molar-refractivity contribution in [3.8, 4) is 0 Å². The van der Waals surface area contributed by atoms with Crippen molar-refractivity contribution >= 4 is 33.9 Å². The minimum Gasteiger partial charge on any atom is -0.399 e. The van der Waals surface area contributed by atoms with Crippen LogP contribution in [-0.2, 0) is 33.8 Å². The number of nitrogen functional groups attached to an aromatic ring is 1. The lowest BCUT2D eigenvalue weighted by Crippen LogP contribution is -2.70. The molecule has 4 rings (SSSR count). The van der Waals surface area contributed by atoms with Crippen LogP contribution in [0.4, 0.5) is 5.69 Å². The van der Waals surface area contributed by atoms with E-state index in [1.165, 1.54) is 38.2 Å². The maximum absolute atomic E-state index is 12.1. The molecule has 0 aromatic heterocycles. The van der Waals surface area contributed by atoms with Gasteiger partial charge >= 0.3 is 0 Å². The normalized spacial score (nSPS) is 39.6. The summed E-state index contributed by atoms with van der Waals surface area (Å²) in [5.41, 5.74) is 19.7. The first-order valence-corrected chi connectivity index (χ1v) is 16.8. The topological polar surface area (TPSA) is 420 Å². The zero-order valence-electron chi connectivity index (χ0n) is 27.4. The molecule has 2 aliphatic heterocycles. The van der Waals surface area contributed by atoms with Gasteiger partial charge in [-0.15, -0.1) is 0 Å². The Balaban J connectivity index is 0.000000542. The van der Waals surface area contributed by atoms with Crippen LogP contribution in [0.5, 0.6) is 0 Å². The number of nitrogens with two attached hydrogens (primary N) is 5. The fraction of sp³-hybridized carbons (Fsp3) is 0.667. The number of aliphatic hydroxyl groups is 7. The summed E-state index contributed by atoms with van der Waals surface area (Å²) in [6.07, 6.45) is -17.3. The number of ether oxygens (including phenoxy) is 4. The molecule has 2 saturated heterocycles. The van der Waals surface area contributed by atoms with Gasteiger partial charge in [-0.25, -0.2) is 18.5 Å². The second-order valence-corrected chi connectivity index (χ2v) is 13.6. The number of aliphatic hydroxyl groups excluding tert-OH is 6. The van der Waals surface area contributed by atoms with Crippen LogP contribution in [0.2, 0.25) is 0 Å². The van der Waals surface area contributed by atoms with Crippen molar-refractivity contribution in [1.82, 2.24) is 10.6 Å². The molecule has 24 heteroatoms. The molecule has 0 radical (unpaired) electrons. The molecule has 51 heavy (non-hydrogen) atoms. The monoisotopic (exact) mass is 753 g/mol. The standard InChI is InChI=1S/C21H39N7O12.C6H8N2O2S/c1-5-21(36,4-30)16(40-17-9(26-2)13(34)10(31)6(3-29)38-17)18(37-5)39-15-8(28-20(24)25)11(32)7(27-19(22)23)12(33)14(15)35;7-5-1-3-6(4-2-5)11(8,9)10/h4-18,26,29,31-36H,3H2,1-2H3,(H4,22,23,27)(H4,24,25,28);1-4H,7H2,(H2,8,9,10)/t5-,6-,7+,8-,9-,10-,11+,12-,13-,14+,15+,16-,17-,18-,21+;/m0./s1. The number of likely N-dealkylation sites (N-methyl/N-ethyl adjacent to an activating group) is 1. The summed E-state index contributed by atoms with van der Waals surface area (Å²) in [4.78, 5) is 15.9. The first-order valence-electron chi connectivity index (χ1n) is 15.3. The number of nitrogens with one attached hydrogen (secondary N) is 3. The fourth-order valence-corrected chi connectivity index (χ4v) is 6.30. The molecule has 3 fully saturated rings. The first-order chi connectivity index (χ1) is 23.7. The Kier molecular flexibility index (Phi) is 14.0. The van der Waals surface area contributed by atoms with Crippen molar-refractivity contribution in [2.45, 2.75) is 103 Å². The van der Waals surface area contributed by atoms with Crippen LogP contribution in [0, 0.1) is 5.41 Å². The van der Waals surface area contributed by atoms with Crippen LogP contribution < -0.4 is 38.7 Å². The number of hydrogen-bond acceptors (Lipinski definition) is 18. The summed E-state index contributed by atoms with van der Waals surface area (Å²) >= 11 is 0. The summed E-state index contributed by atoms with van der Waals surface area (Å²) in [5, 5.41) is 91.5. The number of primary sulfonamides is 1. The molecule has 0 bridgehead atoms. The van der Waals surface area contributed by atoms with E-state index in [4.69, 9.17) is 52.4 Å². The number of anilines is 1. The van der Waals surface area contributed by atoms with Crippen molar-refractivity contribution in [2.75, 3.05) is 19.4 Å². The van der Waals surface area contributed by atoms with Gasteiger partial charge in [0.1, 0.15) is 54.9 Å². The molecule has 1 saturated carbocycles. The highest BCUT2D eigenvalue weighted by Crippen LogP contribution is 2.38. The van der Waals surface area contributed by atoms with Gasteiger partial charge < -0.3 is 88.3 Å². The number of sulfonamides is 1. The quantitative estimate of drug-likeness (QED) is 0.0456.